The van der Waals surface area contributed by atoms with Crippen molar-refractivity contribution < 1.29 is 50.2 Å². The minimum atomic E-state index is -4.90. The monoisotopic (exact) mass is 733 g/mol. The number of amides is 4. The first-order chi connectivity index (χ1) is 24.2. The summed E-state index contributed by atoms with van der Waals surface area (Å²) in [5.74, 6) is -3.61. The number of aromatic nitrogens is 1. The molecule has 0 spiro atoms. The van der Waals surface area contributed by atoms with Crippen LogP contribution in [0.25, 0.3) is 16.8 Å². The number of pyridine rings is 1. The van der Waals surface area contributed by atoms with Crippen LogP contribution in [0.1, 0.15) is 56.9 Å². The van der Waals surface area contributed by atoms with Crippen molar-refractivity contribution in [3.05, 3.63) is 54.8 Å². The summed E-state index contributed by atoms with van der Waals surface area (Å²) in [5.41, 5.74) is -0.869. The summed E-state index contributed by atoms with van der Waals surface area (Å²) in [7, 11) is -3.99. The average Bonchev–Trinajstić information content (AvgIpc) is 3.99. The summed E-state index contributed by atoms with van der Waals surface area (Å²) >= 11 is 0. The Bertz CT molecular complexity index is 1870. The van der Waals surface area contributed by atoms with Gasteiger partial charge in [0, 0.05) is 23.9 Å². The summed E-state index contributed by atoms with van der Waals surface area (Å²) in [6, 6.07) is 3.78. The number of carbonyl (C=O) groups is 4. The van der Waals surface area contributed by atoms with Crippen LogP contribution in [0.5, 0.6) is 5.88 Å². The maximum atomic E-state index is 14.0. The Labute approximate surface area is 292 Å². The van der Waals surface area contributed by atoms with Gasteiger partial charge in [0.25, 0.3) is 5.91 Å². The number of sulfonamides is 1. The first-order valence-corrected chi connectivity index (χ1v) is 18.3. The molecule has 2 aliphatic heterocycles. The molecular formula is C34H38F3N5O8S. The molecule has 2 aromatic rings. The van der Waals surface area contributed by atoms with Gasteiger partial charge in [-0.2, -0.15) is 13.2 Å². The van der Waals surface area contributed by atoms with Crippen LogP contribution in [0, 0.1) is 5.92 Å². The van der Waals surface area contributed by atoms with Crippen LogP contribution in [0.2, 0.25) is 0 Å². The Kier molecular flexibility index (Phi) is 10.0. The molecule has 3 fully saturated rings. The summed E-state index contributed by atoms with van der Waals surface area (Å²) in [6.07, 6.45) is 0.131. The molecule has 1 saturated heterocycles. The molecule has 5 atom stereocenters. The van der Waals surface area contributed by atoms with Crippen molar-refractivity contribution >= 4 is 50.7 Å². The maximum absolute atomic E-state index is 14.0. The fourth-order valence-electron chi connectivity index (χ4n) is 6.47. The Morgan fingerprint density at radius 2 is 1.96 bits per heavy atom. The van der Waals surface area contributed by atoms with Crippen molar-refractivity contribution in [2.45, 2.75) is 86.5 Å². The predicted octanol–water partition coefficient (Wildman–Crippen LogP) is 3.50. The topological polar surface area (TPSA) is 173 Å². The van der Waals surface area contributed by atoms with Crippen molar-refractivity contribution in [1.82, 2.24) is 25.2 Å². The standard InChI is InChI=1S/C34H38F3N5O8S/c1-2-22-17-33(22,31(45)41-51(47,48)24-10-11-24)40-28(43)27-16-23-19-42(27)30(44)26(18-34(35,36)37)39-32(46)49-14-6-4-3-5-7-20-8-9-21-12-13-38-29(50-23)25(21)15-20/h2,5,7-9,12-13,15,22-24,26-27H,1,3-4,6,10-11,14,16-19H2,(H,39,46)(H,40,43)(H,41,45)/b7-5+/t22-,23+,26-,27-,33+/m0/s1. The molecule has 4 aliphatic rings. The number of fused-ring (bicyclic) bond motifs is 3. The molecule has 6 rings (SSSR count). The van der Waals surface area contributed by atoms with Gasteiger partial charge in [-0.05, 0) is 61.6 Å². The predicted molar refractivity (Wildman–Crippen MR) is 177 cm³/mol. The van der Waals surface area contributed by atoms with E-state index >= 15 is 0 Å². The van der Waals surface area contributed by atoms with Gasteiger partial charge in [0.2, 0.25) is 27.7 Å². The number of hydrogen-bond donors (Lipinski definition) is 3. The van der Waals surface area contributed by atoms with Gasteiger partial charge >= 0.3 is 12.3 Å². The molecule has 4 amide bonds. The van der Waals surface area contributed by atoms with Crippen LogP contribution < -0.4 is 20.1 Å². The average molecular weight is 734 g/mol. The molecule has 1 aromatic carbocycles. The van der Waals surface area contributed by atoms with Gasteiger partial charge in [0.05, 0.1) is 24.8 Å². The molecule has 13 nitrogen and oxygen atoms in total. The number of carbonyl (C=O) groups excluding carboxylic acids is 4. The van der Waals surface area contributed by atoms with Crippen LogP contribution in [0.3, 0.4) is 0 Å². The lowest BCUT2D eigenvalue weighted by atomic mass is 10.1. The first-order valence-electron chi connectivity index (χ1n) is 16.7. The van der Waals surface area contributed by atoms with E-state index in [0.717, 1.165) is 15.8 Å². The highest BCUT2D eigenvalue weighted by Gasteiger charge is 2.62. The smallest absolute Gasteiger partial charge is 0.407 e. The van der Waals surface area contributed by atoms with E-state index in [4.69, 9.17) is 9.47 Å². The van der Waals surface area contributed by atoms with Crippen molar-refractivity contribution in [2.24, 2.45) is 5.92 Å². The highest BCUT2D eigenvalue weighted by molar-refractivity contribution is 7.91. The molecule has 274 valence electrons. The number of alkyl carbamates (subject to hydrolysis) is 1. The zero-order valence-corrected chi connectivity index (χ0v) is 28.3. The Morgan fingerprint density at radius 3 is 2.67 bits per heavy atom. The maximum Gasteiger partial charge on any atom is 0.407 e. The van der Waals surface area contributed by atoms with Gasteiger partial charge in [0.1, 0.15) is 23.7 Å². The Hall–Kier alpha value is -4.67. The summed E-state index contributed by atoms with van der Waals surface area (Å²) in [5, 5.41) is 5.29. The second-order valence-corrected chi connectivity index (χ2v) is 15.3. The van der Waals surface area contributed by atoms with Crippen LogP contribution in [0.15, 0.2) is 49.2 Å². The zero-order valence-electron chi connectivity index (χ0n) is 27.5. The molecule has 17 heteroatoms. The van der Waals surface area contributed by atoms with Crippen molar-refractivity contribution in [2.75, 3.05) is 13.2 Å². The van der Waals surface area contributed by atoms with E-state index in [1.165, 1.54) is 12.3 Å². The lowest BCUT2D eigenvalue weighted by Gasteiger charge is -2.30. The van der Waals surface area contributed by atoms with E-state index in [0.29, 0.717) is 37.5 Å². The molecule has 1 aromatic heterocycles. The largest absolute Gasteiger partial charge is 0.472 e. The lowest BCUT2D eigenvalue weighted by Crippen LogP contribution is -2.58. The van der Waals surface area contributed by atoms with Crippen LogP contribution in [-0.2, 0) is 29.1 Å². The van der Waals surface area contributed by atoms with E-state index in [-0.39, 0.29) is 31.9 Å². The number of rotatable bonds is 7. The number of cyclic esters (lactones) is 1. The fourth-order valence-corrected chi connectivity index (χ4v) is 7.84. The van der Waals surface area contributed by atoms with Crippen LogP contribution in [0.4, 0.5) is 18.0 Å². The number of benzene rings is 1. The molecule has 0 radical (unpaired) electrons. The second kappa shape index (κ2) is 14.2. The molecule has 51 heavy (non-hydrogen) atoms. The molecule has 2 saturated carbocycles. The zero-order chi connectivity index (χ0) is 36.6. The number of ether oxygens (including phenoxy) is 2. The van der Waals surface area contributed by atoms with Gasteiger partial charge in [-0.1, -0.05) is 30.4 Å². The van der Waals surface area contributed by atoms with Gasteiger partial charge in [-0.25, -0.2) is 18.2 Å². The minimum absolute atomic E-state index is 0.00958. The van der Waals surface area contributed by atoms with Gasteiger partial charge in [-0.15, -0.1) is 6.58 Å². The van der Waals surface area contributed by atoms with Crippen LogP contribution >= 0.6 is 0 Å². The molecule has 0 unspecified atom stereocenters. The number of hydrogen-bond acceptors (Lipinski definition) is 9. The van der Waals surface area contributed by atoms with E-state index in [9.17, 15) is 40.8 Å². The number of alkyl halides is 3. The molecule has 3 heterocycles. The Morgan fingerprint density at radius 1 is 1.18 bits per heavy atom. The molecule has 3 N–H and O–H groups in total. The molecule has 2 aliphatic carbocycles. The van der Waals surface area contributed by atoms with Gasteiger partial charge in [-0.3, -0.25) is 19.1 Å². The van der Waals surface area contributed by atoms with Gasteiger partial charge in [0.15, 0.2) is 0 Å². The third-order valence-corrected chi connectivity index (χ3v) is 11.3. The summed E-state index contributed by atoms with van der Waals surface area (Å²) < 4.78 is 79.9. The van der Waals surface area contributed by atoms with Crippen molar-refractivity contribution in [3.63, 3.8) is 0 Å². The number of nitrogens with zero attached hydrogens (tertiary/aromatic N) is 2. The van der Waals surface area contributed by atoms with E-state index in [1.807, 2.05) is 40.4 Å². The normalized spacial score (nSPS) is 27.9. The Balaban J connectivity index is 1.33. The number of nitrogens with one attached hydrogen (secondary N) is 3. The second-order valence-electron chi connectivity index (χ2n) is 13.3. The fraction of sp³-hybridized carbons (Fsp3) is 0.500. The highest BCUT2D eigenvalue weighted by atomic mass is 32.2. The van der Waals surface area contributed by atoms with Gasteiger partial charge < -0.3 is 25.0 Å². The quantitative estimate of drug-likeness (QED) is 0.360. The highest BCUT2D eigenvalue weighted by Crippen LogP contribution is 2.45. The number of allylic oxidation sites excluding steroid dienone is 1. The SMILES string of the molecule is C=C[C@H]1C[C@]1(NC(=O)[C@@H]1C[C@@H]2CN1C(=O)[C@H](CC(F)(F)F)NC(=O)OCCCC/C=C/c1ccc3ccnc(c3c1)O2)C(=O)NS(=O)(=O)C1CC1. The van der Waals surface area contributed by atoms with Crippen LogP contribution in [-0.4, -0.2) is 90.4 Å². The number of halogens is 3. The molecule has 4 bridgehead atoms. The summed E-state index contributed by atoms with van der Waals surface area (Å²) in [4.78, 5) is 59.1. The summed E-state index contributed by atoms with van der Waals surface area (Å²) in [6.45, 7) is 3.19. The first kappa shape index (κ1) is 36.1. The van der Waals surface area contributed by atoms with Crippen molar-refractivity contribution in [1.29, 1.82) is 0 Å². The lowest BCUT2D eigenvalue weighted by molar-refractivity contribution is -0.155. The van der Waals surface area contributed by atoms with E-state index in [2.05, 4.69) is 16.9 Å². The third kappa shape index (κ3) is 8.29. The minimum Gasteiger partial charge on any atom is -0.472 e. The third-order valence-electron chi connectivity index (χ3n) is 9.46. The molecular weight excluding hydrogens is 695 g/mol. The van der Waals surface area contributed by atoms with E-state index < -0.39 is 81.3 Å². The van der Waals surface area contributed by atoms with Crippen molar-refractivity contribution in [3.8, 4) is 5.88 Å². The van der Waals surface area contributed by atoms with E-state index in [1.54, 1.807) is 6.07 Å².